The molecule has 0 aliphatic carbocycles. The van der Waals surface area contributed by atoms with Gasteiger partial charge in [0.2, 0.25) is 0 Å². The van der Waals surface area contributed by atoms with E-state index in [1.807, 2.05) is 30.3 Å². The zero-order valence-corrected chi connectivity index (χ0v) is 10.6. The van der Waals surface area contributed by atoms with E-state index in [-0.39, 0.29) is 19.2 Å². The second-order valence-electron chi connectivity index (χ2n) is 4.05. The number of rotatable bonds is 4. The van der Waals surface area contributed by atoms with Crippen LogP contribution in [0.25, 0.3) is 0 Å². The van der Waals surface area contributed by atoms with Crippen LogP contribution in [0.1, 0.15) is 27.7 Å². The first-order chi connectivity index (χ1) is 9.70. The third-order valence-electron chi connectivity index (χ3n) is 2.65. The van der Waals surface area contributed by atoms with E-state index in [2.05, 4.69) is 4.84 Å². The highest BCUT2D eigenvalue weighted by Gasteiger charge is 2.12. The lowest BCUT2D eigenvalue weighted by atomic mass is 10.1. The molecular weight excluding hydrogens is 258 g/mol. The predicted molar refractivity (Wildman–Crippen MR) is 72.7 cm³/mol. The molecule has 0 radical (unpaired) electrons. The molecule has 5 nitrogen and oxygen atoms in total. The van der Waals surface area contributed by atoms with Gasteiger partial charge in [0.05, 0.1) is 11.1 Å². The van der Waals surface area contributed by atoms with Crippen molar-refractivity contribution in [3.05, 3.63) is 71.3 Å². The Morgan fingerprint density at radius 1 is 0.950 bits per heavy atom. The molecule has 0 atom stereocenters. The number of carbonyl (C=O) groups excluding carboxylic acids is 2. The number of hydrogen-bond donors (Lipinski definition) is 1. The van der Waals surface area contributed by atoms with E-state index in [9.17, 15) is 9.59 Å². The van der Waals surface area contributed by atoms with Crippen LogP contribution in [0, 0.1) is 0 Å². The van der Waals surface area contributed by atoms with E-state index < -0.39 is 11.9 Å². The molecule has 0 saturated heterocycles. The average Bonchev–Trinajstić information content (AvgIpc) is 2.53. The first-order valence-electron chi connectivity index (χ1n) is 5.93. The second kappa shape index (κ2) is 6.49. The Morgan fingerprint density at radius 2 is 1.60 bits per heavy atom. The van der Waals surface area contributed by atoms with Crippen molar-refractivity contribution in [2.75, 3.05) is 0 Å². The Labute approximate surface area is 117 Å². The Hall–Kier alpha value is -2.66. The van der Waals surface area contributed by atoms with Crippen LogP contribution in [0.15, 0.2) is 54.6 Å². The van der Waals surface area contributed by atoms with E-state index in [1.54, 1.807) is 12.1 Å². The molecule has 2 aromatic carbocycles. The van der Waals surface area contributed by atoms with Crippen molar-refractivity contribution in [3.63, 3.8) is 0 Å². The summed E-state index contributed by atoms with van der Waals surface area (Å²) in [4.78, 5) is 27.3. The minimum atomic E-state index is -0.706. The summed E-state index contributed by atoms with van der Waals surface area (Å²) >= 11 is 0. The Bertz CT molecular complexity index is 616. The van der Waals surface area contributed by atoms with Crippen LogP contribution in [0.3, 0.4) is 0 Å². The number of benzene rings is 2. The summed E-state index contributed by atoms with van der Waals surface area (Å²) in [5, 5.41) is 0. The van der Waals surface area contributed by atoms with Crippen LogP contribution in [0.4, 0.5) is 0 Å². The van der Waals surface area contributed by atoms with Crippen molar-refractivity contribution in [3.8, 4) is 0 Å². The van der Waals surface area contributed by atoms with Crippen LogP contribution < -0.4 is 5.90 Å². The summed E-state index contributed by atoms with van der Waals surface area (Å²) in [6.07, 6.45) is 0. The fourth-order valence-electron chi connectivity index (χ4n) is 1.65. The predicted octanol–water partition coefficient (Wildman–Crippen LogP) is 2.19. The van der Waals surface area contributed by atoms with Crippen molar-refractivity contribution in [1.29, 1.82) is 0 Å². The zero-order chi connectivity index (χ0) is 14.4. The molecule has 0 aliphatic rings. The first-order valence-corrected chi connectivity index (χ1v) is 5.93. The summed E-state index contributed by atoms with van der Waals surface area (Å²) in [5.74, 6) is 3.58. The maximum absolute atomic E-state index is 11.9. The molecule has 5 heteroatoms. The fourth-order valence-corrected chi connectivity index (χ4v) is 1.65. The standard InChI is InChI=1S/C15H13NO4/c16-20-15(18)13-8-4-7-12(9-13)14(17)19-10-11-5-2-1-3-6-11/h1-9H,10,16H2/p+1. The highest BCUT2D eigenvalue weighted by Crippen LogP contribution is 2.09. The van der Waals surface area contributed by atoms with Gasteiger partial charge in [0, 0.05) is 0 Å². The summed E-state index contributed by atoms with van der Waals surface area (Å²) in [6, 6.07) is 15.3. The maximum atomic E-state index is 11.9. The van der Waals surface area contributed by atoms with Gasteiger partial charge >= 0.3 is 13.4 Å². The van der Waals surface area contributed by atoms with Gasteiger partial charge in [-0.05, 0) is 23.8 Å². The molecule has 102 valence electrons. The molecule has 2 aromatic rings. The van der Waals surface area contributed by atoms with Crippen LogP contribution >= 0.6 is 0 Å². The van der Waals surface area contributed by atoms with Crippen molar-refractivity contribution >= 4 is 11.9 Å². The van der Waals surface area contributed by atoms with E-state index in [1.165, 1.54) is 12.1 Å². The monoisotopic (exact) mass is 272 g/mol. The van der Waals surface area contributed by atoms with Crippen molar-refractivity contribution in [1.82, 2.24) is 0 Å². The van der Waals surface area contributed by atoms with Gasteiger partial charge in [0.15, 0.2) is 0 Å². The summed E-state index contributed by atoms with van der Waals surface area (Å²) in [7, 11) is 0. The molecule has 0 spiro atoms. The van der Waals surface area contributed by atoms with Gasteiger partial charge in [0.25, 0.3) is 0 Å². The molecule has 0 fully saturated rings. The third-order valence-corrected chi connectivity index (χ3v) is 2.65. The smallest absolute Gasteiger partial charge is 0.457 e. The van der Waals surface area contributed by atoms with Gasteiger partial charge < -0.3 is 9.57 Å². The van der Waals surface area contributed by atoms with Crippen LogP contribution in [-0.4, -0.2) is 11.9 Å². The molecule has 0 saturated carbocycles. The second-order valence-corrected chi connectivity index (χ2v) is 4.05. The quantitative estimate of drug-likeness (QED) is 0.681. The first kappa shape index (κ1) is 13.8. The molecular formula is C15H14NO4+. The number of carbonyl (C=O) groups is 2. The number of ether oxygens (including phenoxy) is 1. The van der Waals surface area contributed by atoms with Gasteiger partial charge in [-0.2, -0.15) is 5.90 Å². The van der Waals surface area contributed by atoms with Gasteiger partial charge in [-0.3, -0.25) is 0 Å². The van der Waals surface area contributed by atoms with Gasteiger partial charge in [-0.25, -0.2) is 9.59 Å². The summed E-state index contributed by atoms with van der Waals surface area (Å²) in [5.41, 5.74) is 1.35. The van der Waals surface area contributed by atoms with E-state index in [4.69, 9.17) is 10.6 Å². The average molecular weight is 272 g/mol. The molecule has 2 N–H and O–H groups in total. The van der Waals surface area contributed by atoms with Crippen LogP contribution in [-0.2, 0) is 16.2 Å². The molecule has 2 rings (SSSR count). The normalized spacial score (nSPS) is 9.85. The maximum Gasteiger partial charge on any atom is 1.00 e. The van der Waals surface area contributed by atoms with Gasteiger partial charge in [0.1, 0.15) is 6.61 Å². The molecule has 0 aliphatic heterocycles. The third kappa shape index (κ3) is 3.43. The highest BCUT2D eigenvalue weighted by atomic mass is 16.7. The van der Waals surface area contributed by atoms with Crippen molar-refractivity contribution in [2.45, 2.75) is 6.61 Å². The molecule has 0 unspecified atom stereocenters. The minimum Gasteiger partial charge on any atom is -0.457 e. The lowest BCUT2D eigenvalue weighted by Gasteiger charge is -2.06. The summed E-state index contributed by atoms with van der Waals surface area (Å²) < 4.78 is 5.16. The fraction of sp³-hybridized carbons (Fsp3) is 0.0667. The molecule has 0 bridgehead atoms. The van der Waals surface area contributed by atoms with Gasteiger partial charge in [-0.1, -0.05) is 36.4 Å². The molecule has 0 heterocycles. The van der Waals surface area contributed by atoms with Crippen LogP contribution in [0.5, 0.6) is 0 Å². The van der Waals surface area contributed by atoms with E-state index in [0.29, 0.717) is 0 Å². The van der Waals surface area contributed by atoms with Gasteiger partial charge in [-0.15, -0.1) is 0 Å². The van der Waals surface area contributed by atoms with Crippen molar-refractivity contribution < 1.29 is 20.6 Å². The van der Waals surface area contributed by atoms with Crippen molar-refractivity contribution in [2.24, 2.45) is 5.90 Å². The largest absolute Gasteiger partial charge is 1.00 e. The Balaban J connectivity index is 0.00000220. The van der Waals surface area contributed by atoms with E-state index >= 15 is 0 Å². The highest BCUT2D eigenvalue weighted by molar-refractivity contribution is 5.95. The molecule has 0 aromatic heterocycles. The lowest BCUT2D eigenvalue weighted by molar-refractivity contribution is 0.0472. The van der Waals surface area contributed by atoms with E-state index in [0.717, 1.165) is 5.56 Å². The minimum absolute atomic E-state index is 0. The number of hydrogen-bond acceptors (Lipinski definition) is 5. The number of esters is 1. The zero-order valence-electron chi connectivity index (χ0n) is 11.6. The molecule has 0 amide bonds. The lowest BCUT2D eigenvalue weighted by Crippen LogP contribution is -2.12. The van der Waals surface area contributed by atoms with Crippen LogP contribution in [0.2, 0.25) is 0 Å². The SMILES string of the molecule is NOC(=O)c1cccc(C(=O)OCc2ccccc2)c1.[H+]. The topological polar surface area (TPSA) is 78.6 Å². The summed E-state index contributed by atoms with van der Waals surface area (Å²) in [6.45, 7) is 0.172. The Morgan fingerprint density at radius 3 is 2.25 bits per heavy atom. The Kier molecular flexibility index (Phi) is 4.47. The molecule has 20 heavy (non-hydrogen) atoms. The number of nitrogens with two attached hydrogens (primary N) is 1.